The van der Waals surface area contributed by atoms with Crippen LogP contribution in [0, 0.1) is 0 Å². The van der Waals surface area contributed by atoms with Gasteiger partial charge < -0.3 is 24.5 Å². The molecule has 0 unspecified atom stereocenters. The molecule has 4 N–H and O–H groups in total. The number of aromatic nitrogens is 2. The molecule has 0 atom stereocenters. The lowest BCUT2D eigenvalue weighted by Crippen LogP contribution is -2.38. The van der Waals surface area contributed by atoms with Crippen molar-refractivity contribution in [2.45, 2.75) is 0 Å². The van der Waals surface area contributed by atoms with Crippen molar-refractivity contribution in [1.82, 2.24) is 14.9 Å². The van der Waals surface area contributed by atoms with Gasteiger partial charge in [0.05, 0.1) is 24.6 Å². The van der Waals surface area contributed by atoms with Gasteiger partial charge in [-0.2, -0.15) is 0 Å². The Kier molecular flexibility index (Phi) is 5.72. The number of hydrogen-bond donors (Lipinski definition) is 4. The van der Waals surface area contributed by atoms with E-state index in [0.717, 1.165) is 60.4 Å². The Morgan fingerprint density at radius 2 is 1.64 bits per heavy atom. The predicted molar refractivity (Wildman–Crippen MR) is 124 cm³/mol. The summed E-state index contributed by atoms with van der Waals surface area (Å²) in [5.74, 6) is 0.586. The Morgan fingerprint density at radius 1 is 0.970 bits per heavy atom. The van der Waals surface area contributed by atoms with Crippen LogP contribution in [-0.4, -0.2) is 71.3 Å². The molecule has 170 valence electrons. The summed E-state index contributed by atoms with van der Waals surface area (Å²) in [6, 6.07) is 14.3. The van der Waals surface area contributed by atoms with Gasteiger partial charge >= 0.3 is 6.09 Å². The fourth-order valence-electron chi connectivity index (χ4n) is 4.04. The molecule has 0 aliphatic carbocycles. The number of carbonyl (C=O) groups is 2. The van der Waals surface area contributed by atoms with E-state index in [4.69, 9.17) is 14.6 Å². The lowest BCUT2D eigenvalue weighted by molar-refractivity contribution is 0.0322. The molecule has 0 spiro atoms. The molecule has 33 heavy (non-hydrogen) atoms. The highest BCUT2D eigenvalue weighted by atomic mass is 16.5. The first kappa shape index (κ1) is 21.0. The number of ether oxygens (including phenoxy) is 2. The Morgan fingerprint density at radius 3 is 2.33 bits per heavy atom. The smallest absolute Gasteiger partial charge is 0.409 e. The Bertz CT molecular complexity index is 1320. The Labute approximate surface area is 189 Å². The summed E-state index contributed by atoms with van der Waals surface area (Å²) >= 11 is 0. The molecule has 2 aromatic heterocycles. The fraction of sp³-hybridized carbons (Fsp3) is 0.250. The summed E-state index contributed by atoms with van der Waals surface area (Å²) in [6.45, 7) is 4.83. The third-order valence-corrected chi connectivity index (χ3v) is 5.73. The lowest BCUT2D eigenvalue weighted by atomic mass is 10.2. The molecule has 2 aromatic carbocycles. The van der Waals surface area contributed by atoms with Crippen LogP contribution in [0.1, 0.15) is 16.2 Å². The fourth-order valence-corrected chi connectivity index (χ4v) is 4.04. The number of morpholine rings is 1. The Balaban J connectivity index is 1.29. The Hall–Kier alpha value is -3.82. The van der Waals surface area contributed by atoms with Crippen LogP contribution in [-0.2, 0) is 4.74 Å². The molecule has 1 saturated heterocycles. The summed E-state index contributed by atoms with van der Waals surface area (Å²) in [6.07, 6.45) is -1.14. The molecule has 0 radical (unpaired) electrons. The van der Waals surface area contributed by atoms with Crippen LogP contribution in [0.15, 0.2) is 48.5 Å². The van der Waals surface area contributed by atoms with E-state index in [1.807, 2.05) is 24.3 Å². The number of ketones is 1. The highest BCUT2D eigenvalue weighted by molar-refractivity contribution is 6.11. The molecule has 9 heteroatoms. The molecule has 0 saturated carbocycles. The first-order chi connectivity index (χ1) is 16.0. The topological polar surface area (TPSA) is 120 Å². The van der Waals surface area contributed by atoms with E-state index < -0.39 is 6.09 Å². The van der Waals surface area contributed by atoms with E-state index in [1.54, 1.807) is 24.3 Å². The van der Waals surface area contributed by atoms with Crippen molar-refractivity contribution in [3.8, 4) is 5.75 Å². The number of anilines is 1. The molecule has 3 heterocycles. The average Bonchev–Trinajstić information content (AvgIpc) is 3.42. The second kappa shape index (κ2) is 8.97. The van der Waals surface area contributed by atoms with Crippen LogP contribution in [0.5, 0.6) is 5.75 Å². The molecule has 0 bridgehead atoms. The molecule has 1 aliphatic rings. The van der Waals surface area contributed by atoms with Gasteiger partial charge in [0.2, 0.25) is 5.78 Å². The van der Waals surface area contributed by atoms with Crippen molar-refractivity contribution >= 4 is 39.4 Å². The van der Waals surface area contributed by atoms with Gasteiger partial charge in [-0.3, -0.25) is 15.0 Å². The zero-order valence-electron chi connectivity index (χ0n) is 17.9. The molecular formula is C24H24N4O5. The number of nitrogens with one attached hydrogen (secondary N) is 3. The van der Waals surface area contributed by atoms with Crippen LogP contribution in [0.25, 0.3) is 21.8 Å². The molecular weight excluding hydrogens is 424 g/mol. The number of hydrogen-bond acceptors (Lipinski definition) is 5. The predicted octanol–water partition coefficient (Wildman–Crippen LogP) is 3.68. The number of amides is 1. The number of carboxylic acid groups (broad SMARTS) is 1. The molecule has 1 aliphatic heterocycles. The van der Waals surface area contributed by atoms with E-state index in [-0.39, 0.29) is 5.78 Å². The number of fused-ring (bicyclic) bond motifs is 2. The number of benzene rings is 2. The third-order valence-electron chi connectivity index (χ3n) is 5.73. The second-order valence-electron chi connectivity index (χ2n) is 7.98. The van der Waals surface area contributed by atoms with Gasteiger partial charge in [-0.15, -0.1) is 0 Å². The average molecular weight is 448 g/mol. The van der Waals surface area contributed by atoms with Gasteiger partial charge in [-0.1, -0.05) is 0 Å². The van der Waals surface area contributed by atoms with E-state index in [0.29, 0.717) is 23.7 Å². The highest BCUT2D eigenvalue weighted by Crippen LogP contribution is 2.25. The van der Waals surface area contributed by atoms with Gasteiger partial charge in [0.1, 0.15) is 12.4 Å². The van der Waals surface area contributed by atoms with E-state index in [2.05, 4.69) is 20.2 Å². The highest BCUT2D eigenvalue weighted by Gasteiger charge is 2.16. The first-order valence-electron chi connectivity index (χ1n) is 10.8. The standard InChI is InChI=1S/C24H24N4O5/c29-23(21-13-15-11-17(25-24(30)31)1-3-19(15)26-21)22-14-16-12-18(2-4-20(16)27-22)33-10-7-28-5-8-32-9-6-28/h1-4,11-14,25-27H,5-10H2,(H,30,31). The largest absolute Gasteiger partial charge is 0.492 e. The van der Waals surface area contributed by atoms with E-state index in [9.17, 15) is 9.59 Å². The van der Waals surface area contributed by atoms with Crippen molar-refractivity contribution in [3.05, 3.63) is 59.9 Å². The van der Waals surface area contributed by atoms with Crippen LogP contribution in [0.3, 0.4) is 0 Å². The van der Waals surface area contributed by atoms with Crippen molar-refractivity contribution in [2.24, 2.45) is 0 Å². The van der Waals surface area contributed by atoms with Crippen LogP contribution in [0.4, 0.5) is 10.5 Å². The van der Waals surface area contributed by atoms with Crippen LogP contribution >= 0.6 is 0 Å². The minimum Gasteiger partial charge on any atom is -0.492 e. The monoisotopic (exact) mass is 448 g/mol. The maximum Gasteiger partial charge on any atom is 0.409 e. The first-order valence-corrected chi connectivity index (χ1v) is 10.8. The normalized spacial score (nSPS) is 14.5. The summed E-state index contributed by atoms with van der Waals surface area (Å²) in [7, 11) is 0. The molecule has 1 amide bonds. The lowest BCUT2D eigenvalue weighted by Gasteiger charge is -2.26. The summed E-state index contributed by atoms with van der Waals surface area (Å²) in [5, 5.41) is 12.8. The minimum atomic E-state index is -1.14. The quantitative estimate of drug-likeness (QED) is 0.320. The SMILES string of the molecule is O=C(O)Nc1ccc2[nH]c(C(=O)c3cc4cc(OCCN5CCOCC5)ccc4[nH]3)cc2c1. The summed E-state index contributed by atoms with van der Waals surface area (Å²) in [4.78, 5) is 32.5. The third kappa shape index (κ3) is 4.69. The van der Waals surface area contributed by atoms with Crippen molar-refractivity contribution in [1.29, 1.82) is 0 Å². The van der Waals surface area contributed by atoms with Crippen molar-refractivity contribution in [3.63, 3.8) is 0 Å². The van der Waals surface area contributed by atoms with E-state index in [1.165, 1.54) is 0 Å². The second-order valence-corrected chi connectivity index (χ2v) is 7.98. The summed E-state index contributed by atoms with van der Waals surface area (Å²) < 4.78 is 11.3. The number of carbonyl (C=O) groups excluding carboxylic acids is 1. The molecule has 9 nitrogen and oxygen atoms in total. The van der Waals surface area contributed by atoms with Gasteiger partial charge in [0, 0.05) is 47.1 Å². The zero-order chi connectivity index (χ0) is 22.8. The van der Waals surface area contributed by atoms with Gasteiger partial charge in [-0.05, 0) is 48.5 Å². The zero-order valence-corrected chi connectivity index (χ0v) is 17.9. The van der Waals surface area contributed by atoms with Gasteiger partial charge in [0.15, 0.2) is 0 Å². The van der Waals surface area contributed by atoms with Crippen LogP contribution < -0.4 is 10.1 Å². The minimum absolute atomic E-state index is 0.176. The number of H-pyrrole nitrogens is 2. The maximum absolute atomic E-state index is 13.1. The number of rotatable bonds is 7. The van der Waals surface area contributed by atoms with Crippen LogP contribution in [0.2, 0.25) is 0 Å². The molecule has 5 rings (SSSR count). The van der Waals surface area contributed by atoms with Crippen molar-refractivity contribution < 1.29 is 24.2 Å². The molecule has 4 aromatic rings. The van der Waals surface area contributed by atoms with E-state index >= 15 is 0 Å². The number of nitrogens with zero attached hydrogens (tertiary/aromatic N) is 1. The maximum atomic E-state index is 13.1. The van der Waals surface area contributed by atoms with Gasteiger partial charge in [-0.25, -0.2) is 4.79 Å². The number of aromatic amines is 2. The van der Waals surface area contributed by atoms with Gasteiger partial charge in [0.25, 0.3) is 0 Å². The van der Waals surface area contributed by atoms with Crippen molar-refractivity contribution in [2.75, 3.05) is 44.8 Å². The molecule has 1 fully saturated rings. The summed E-state index contributed by atoms with van der Waals surface area (Å²) in [5.41, 5.74) is 2.93.